The third-order valence-electron chi connectivity index (χ3n) is 3.38. The summed E-state index contributed by atoms with van der Waals surface area (Å²) in [6.07, 6.45) is 2.59. The van der Waals surface area contributed by atoms with Gasteiger partial charge < -0.3 is 10.1 Å². The monoisotopic (exact) mass is 305 g/mol. The number of tetrazole rings is 1. The number of aromatic nitrogens is 4. The molecule has 1 fully saturated rings. The van der Waals surface area contributed by atoms with Crippen LogP contribution in [0, 0.1) is 0 Å². The zero-order valence-electron chi connectivity index (χ0n) is 12.0. The highest BCUT2D eigenvalue weighted by Crippen LogP contribution is 2.26. The summed E-state index contributed by atoms with van der Waals surface area (Å²) in [5.41, 5.74) is 1.15. The second kappa shape index (κ2) is 6.91. The van der Waals surface area contributed by atoms with Crippen LogP contribution in [0.15, 0.2) is 29.4 Å². The van der Waals surface area contributed by atoms with E-state index >= 15 is 0 Å². The van der Waals surface area contributed by atoms with Crippen molar-refractivity contribution in [2.45, 2.75) is 36.3 Å². The van der Waals surface area contributed by atoms with E-state index in [1.54, 1.807) is 18.9 Å². The second-order valence-electron chi connectivity index (χ2n) is 5.01. The fraction of sp³-hybridized carbons (Fsp3) is 0.500. The molecule has 0 aliphatic heterocycles. The number of nitrogens with one attached hydrogen (secondary N) is 1. The van der Waals surface area contributed by atoms with Gasteiger partial charge in [-0.15, -0.1) is 5.10 Å². The normalized spacial score (nSPS) is 14.3. The zero-order valence-corrected chi connectivity index (χ0v) is 12.8. The van der Waals surface area contributed by atoms with Crippen LogP contribution in [-0.4, -0.2) is 39.9 Å². The molecule has 1 aromatic heterocycles. The number of nitrogens with zero attached hydrogens (tertiary/aromatic N) is 4. The largest absolute Gasteiger partial charge is 0.496 e. The highest BCUT2D eigenvalue weighted by atomic mass is 32.2. The molecule has 1 saturated carbocycles. The van der Waals surface area contributed by atoms with Crippen molar-refractivity contribution >= 4 is 11.8 Å². The predicted molar refractivity (Wildman–Crippen MR) is 81.4 cm³/mol. The summed E-state index contributed by atoms with van der Waals surface area (Å²) in [6, 6.07) is 8.74. The highest BCUT2D eigenvalue weighted by Gasteiger charge is 2.20. The van der Waals surface area contributed by atoms with Gasteiger partial charge in [0.2, 0.25) is 5.16 Å². The Hall–Kier alpha value is -1.60. The summed E-state index contributed by atoms with van der Waals surface area (Å²) >= 11 is 1.63. The van der Waals surface area contributed by atoms with Crippen molar-refractivity contribution in [2.24, 2.45) is 0 Å². The Bertz CT molecular complexity index is 584. The van der Waals surface area contributed by atoms with Gasteiger partial charge in [-0.1, -0.05) is 30.0 Å². The minimum absolute atomic E-state index is 0.714. The lowest BCUT2D eigenvalue weighted by atomic mass is 10.2. The molecule has 0 radical (unpaired) electrons. The van der Waals surface area contributed by atoms with E-state index in [2.05, 4.69) is 26.9 Å². The molecular formula is C14H19N5OS. The zero-order chi connectivity index (χ0) is 14.5. The lowest BCUT2D eigenvalue weighted by molar-refractivity contribution is 0.411. The van der Waals surface area contributed by atoms with Crippen LogP contribution >= 0.6 is 11.8 Å². The smallest absolute Gasteiger partial charge is 0.209 e. The summed E-state index contributed by atoms with van der Waals surface area (Å²) in [7, 11) is 1.69. The maximum Gasteiger partial charge on any atom is 0.209 e. The van der Waals surface area contributed by atoms with E-state index in [0.717, 1.165) is 35.3 Å². The molecule has 1 heterocycles. The number of thioether (sulfide) groups is 1. The van der Waals surface area contributed by atoms with Crippen LogP contribution in [0.1, 0.15) is 18.4 Å². The molecule has 6 nitrogen and oxygen atoms in total. The fourth-order valence-corrected chi connectivity index (χ4v) is 2.96. The summed E-state index contributed by atoms with van der Waals surface area (Å²) in [5.74, 6) is 1.69. The third kappa shape index (κ3) is 3.95. The number of hydrogen-bond acceptors (Lipinski definition) is 6. The number of hydrogen-bond donors (Lipinski definition) is 1. The first kappa shape index (κ1) is 14.3. The fourth-order valence-electron chi connectivity index (χ4n) is 2.07. The average Bonchev–Trinajstić information content (AvgIpc) is 3.23. The molecule has 0 bridgehead atoms. The molecule has 0 atom stereocenters. The van der Waals surface area contributed by atoms with Crippen LogP contribution in [0.2, 0.25) is 0 Å². The van der Waals surface area contributed by atoms with Crippen LogP contribution in [0.3, 0.4) is 0 Å². The van der Waals surface area contributed by atoms with Gasteiger partial charge in [0.05, 0.1) is 13.7 Å². The van der Waals surface area contributed by atoms with E-state index < -0.39 is 0 Å². The van der Waals surface area contributed by atoms with Crippen LogP contribution in [0.5, 0.6) is 5.75 Å². The molecule has 112 valence electrons. The maximum absolute atomic E-state index is 5.36. The molecule has 0 saturated heterocycles. The van der Waals surface area contributed by atoms with Gasteiger partial charge in [0.1, 0.15) is 5.75 Å². The van der Waals surface area contributed by atoms with Gasteiger partial charge in [0.25, 0.3) is 0 Å². The minimum atomic E-state index is 0.714. The van der Waals surface area contributed by atoms with E-state index in [9.17, 15) is 0 Å². The van der Waals surface area contributed by atoms with Gasteiger partial charge in [-0.2, -0.15) is 0 Å². The Labute approximate surface area is 128 Å². The summed E-state index contributed by atoms with van der Waals surface area (Å²) in [4.78, 5) is 0. The van der Waals surface area contributed by atoms with Gasteiger partial charge in [-0.05, 0) is 29.3 Å². The number of para-hydroxylation sites is 1. The average molecular weight is 305 g/mol. The molecule has 0 unspecified atom stereocenters. The first-order chi connectivity index (χ1) is 10.4. The number of ether oxygens (including phenoxy) is 1. The first-order valence-corrected chi connectivity index (χ1v) is 8.09. The molecule has 0 amide bonds. The Morgan fingerprint density at radius 3 is 3.05 bits per heavy atom. The van der Waals surface area contributed by atoms with Crippen molar-refractivity contribution in [3.8, 4) is 5.75 Å². The molecular weight excluding hydrogens is 286 g/mol. The summed E-state index contributed by atoms with van der Waals surface area (Å²) in [6.45, 7) is 1.72. The van der Waals surface area contributed by atoms with Crippen molar-refractivity contribution in [1.29, 1.82) is 0 Å². The van der Waals surface area contributed by atoms with E-state index in [0.29, 0.717) is 6.04 Å². The maximum atomic E-state index is 5.36. The van der Waals surface area contributed by atoms with Crippen LogP contribution in [-0.2, 0) is 12.3 Å². The number of benzene rings is 1. The van der Waals surface area contributed by atoms with Crippen LogP contribution in [0.4, 0.5) is 0 Å². The molecule has 1 aliphatic rings. The van der Waals surface area contributed by atoms with E-state index in [4.69, 9.17) is 4.74 Å². The van der Waals surface area contributed by atoms with Gasteiger partial charge in [0.15, 0.2) is 0 Å². The minimum Gasteiger partial charge on any atom is -0.496 e. The lowest BCUT2D eigenvalue weighted by Gasteiger charge is -2.08. The van der Waals surface area contributed by atoms with Crippen LogP contribution in [0.25, 0.3) is 0 Å². The molecule has 3 rings (SSSR count). The van der Waals surface area contributed by atoms with Gasteiger partial charge in [-0.25, -0.2) is 4.68 Å². The Kier molecular flexibility index (Phi) is 4.72. The van der Waals surface area contributed by atoms with E-state index in [1.165, 1.54) is 12.8 Å². The first-order valence-electron chi connectivity index (χ1n) is 7.11. The Balaban J connectivity index is 1.55. The highest BCUT2D eigenvalue weighted by molar-refractivity contribution is 7.98. The van der Waals surface area contributed by atoms with E-state index in [1.807, 2.05) is 22.9 Å². The van der Waals surface area contributed by atoms with Crippen molar-refractivity contribution in [3.63, 3.8) is 0 Å². The van der Waals surface area contributed by atoms with Gasteiger partial charge in [-0.3, -0.25) is 0 Å². The summed E-state index contributed by atoms with van der Waals surface area (Å²) in [5, 5.41) is 16.2. The van der Waals surface area contributed by atoms with Crippen molar-refractivity contribution in [1.82, 2.24) is 25.5 Å². The lowest BCUT2D eigenvalue weighted by Crippen LogP contribution is -2.22. The van der Waals surface area contributed by atoms with Crippen molar-refractivity contribution in [2.75, 3.05) is 13.7 Å². The standard InChI is InChI=1S/C14H19N5OS/c1-20-13-5-3-2-4-11(13)10-21-14-16-17-18-19(14)9-8-15-12-6-7-12/h2-5,12,15H,6-10H2,1H3. The topological polar surface area (TPSA) is 64.9 Å². The summed E-state index contributed by atoms with van der Waals surface area (Å²) < 4.78 is 7.22. The predicted octanol–water partition coefficient (Wildman–Crippen LogP) is 1.73. The molecule has 21 heavy (non-hydrogen) atoms. The molecule has 1 N–H and O–H groups in total. The van der Waals surface area contributed by atoms with Crippen LogP contribution < -0.4 is 10.1 Å². The number of methoxy groups -OCH3 is 1. The molecule has 2 aromatic rings. The second-order valence-corrected chi connectivity index (χ2v) is 5.96. The Morgan fingerprint density at radius 1 is 1.38 bits per heavy atom. The SMILES string of the molecule is COc1ccccc1CSc1nnnn1CCNC1CC1. The molecule has 0 spiro atoms. The quantitative estimate of drug-likeness (QED) is 0.749. The van der Waals surface area contributed by atoms with Gasteiger partial charge >= 0.3 is 0 Å². The Morgan fingerprint density at radius 2 is 2.24 bits per heavy atom. The molecule has 7 heteroatoms. The van der Waals surface area contributed by atoms with Crippen molar-refractivity contribution in [3.05, 3.63) is 29.8 Å². The molecule has 1 aromatic carbocycles. The molecule has 1 aliphatic carbocycles. The van der Waals surface area contributed by atoms with Crippen molar-refractivity contribution < 1.29 is 4.74 Å². The third-order valence-corrected chi connectivity index (χ3v) is 4.39. The van der Waals surface area contributed by atoms with Gasteiger partial charge in [0, 0.05) is 23.9 Å². The number of rotatable bonds is 8. The van der Waals surface area contributed by atoms with E-state index in [-0.39, 0.29) is 0 Å².